The van der Waals surface area contributed by atoms with Gasteiger partial charge in [-0.2, -0.15) is 11.8 Å². The molecule has 0 fully saturated rings. The fourth-order valence-corrected chi connectivity index (χ4v) is 2.44. The molecule has 0 aliphatic heterocycles. The van der Waals surface area contributed by atoms with Gasteiger partial charge in [0.1, 0.15) is 0 Å². The number of thioether (sulfide) groups is 1. The molecule has 1 atom stereocenters. The highest BCUT2D eigenvalue weighted by Gasteiger charge is 2.16. The van der Waals surface area contributed by atoms with E-state index >= 15 is 0 Å². The normalized spacial score (nSPS) is 11.9. The summed E-state index contributed by atoms with van der Waals surface area (Å²) in [5.41, 5.74) is 3.43. The summed E-state index contributed by atoms with van der Waals surface area (Å²) in [5.74, 6) is 0.543. The molecule has 104 valence electrons. The third-order valence-electron chi connectivity index (χ3n) is 3.12. The van der Waals surface area contributed by atoms with Crippen LogP contribution in [-0.4, -0.2) is 17.9 Å². The molecule has 1 N–H and O–H groups in total. The molecule has 0 aliphatic rings. The van der Waals surface area contributed by atoms with Crippen LogP contribution < -0.4 is 5.32 Å². The van der Waals surface area contributed by atoms with Gasteiger partial charge in [-0.3, -0.25) is 4.79 Å². The second kappa shape index (κ2) is 7.15. The summed E-state index contributed by atoms with van der Waals surface area (Å²) in [5, 5.41) is 3.11. The van der Waals surface area contributed by atoms with Crippen LogP contribution in [0.25, 0.3) is 0 Å². The first-order valence-electron chi connectivity index (χ1n) is 6.60. The van der Waals surface area contributed by atoms with Gasteiger partial charge in [-0.15, -0.1) is 0 Å². The highest BCUT2D eigenvalue weighted by molar-refractivity contribution is 7.99. The SMILES string of the molecule is CSCC(=O)N[C@@H](c1ccccc1)c1ccc(C)cc1. The summed E-state index contributed by atoms with van der Waals surface area (Å²) in [4.78, 5) is 11.9. The Morgan fingerprint density at radius 2 is 1.65 bits per heavy atom. The van der Waals surface area contributed by atoms with Gasteiger partial charge in [0.25, 0.3) is 0 Å². The molecule has 0 aliphatic carbocycles. The smallest absolute Gasteiger partial charge is 0.230 e. The van der Waals surface area contributed by atoms with Crippen molar-refractivity contribution in [2.75, 3.05) is 12.0 Å². The molecule has 1 amide bonds. The van der Waals surface area contributed by atoms with Gasteiger partial charge in [0.05, 0.1) is 11.8 Å². The first-order chi connectivity index (χ1) is 9.70. The van der Waals surface area contributed by atoms with E-state index in [1.54, 1.807) is 0 Å². The molecule has 2 aromatic rings. The first-order valence-corrected chi connectivity index (χ1v) is 8.00. The number of benzene rings is 2. The second-order valence-electron chi connectivity index (χ2n) is 4.75. The Morgan fingerprint density at radius 1 is 1.05 bits per heavy atom. The Balaban J connectivity index is 2.29. The van der Waals surface area contributed by atoms with Crippen molar-refractivity contribution < 1.29 is 4.79 Å². The van der Waals surface area contributed by atoms with E-state index in [4.69, 9.17) is 0 Å². The Bertz CT molecular complexity index is 551. The van der Waals surface area contributed by atoms with Crippen molar-refractivity contribution in [3.8, 4) is 0 Å². The van der Waals surface area contributed by atoms with E-state index in [2.05, 4.69) is 36.5 Å². The van der Waals surface area contributed by atoms with Crippen LogP contribution in [0.5, 0.6) is 0 Å². The monoisotopic (exact) mass is 285 g/mol. The van der Waals surface area contributed by atoms with Crippen LogP contribution in [0.4, 0.5) is 0 Å². The van der Waals surface area contributed by atoms with E-state index in [1.165, 1.54) is 17.3 Å². The van der Waals surface area contributed by atoms with Gasteiger partial charge >= 0.3 is 0 Å². The van der Waals surface area contributed by atoms with Gasteiger partial charge in [-0.05, 0) is 24.3 Å². The number of hydrogen-bond acceptors (Lipinski definition) is 2. The van der Waals surface area contributed by atoms with E-state index in [9.17, 15) is 4.79 Å². The van der Waals surface area contributed by atoms with Crippen molar-refractivity contribution in [2.45, 2.75) is 13.0 Å². The van der Waals surface area contributed by atoms with Crippen molar-refractivity contribution in [1.82, 2.24) is 5.32 Å². The van der Waals surface area contributed by atoms with Crippen LogP contribution in [0.1, 0.15) is 22.7 Å². The molecule has 0 radical (unpaired) electrons. The van der Waals surface area contributed by atoms with Gasteiger partial charge in [-0.1, -0.05) is 60.2 Å². The van der Waals surface area contributed by atoms with Crippen molar-refractivity contribution >= 4 is 17.7 Å². The Kier molecular flexibility index (Phi) is 5.24. The van der Waals surface area contributed by atoms with Crippen LogP contribution in [0.2, 0.25) is 0 Å². The number of carbonyl (C=O) groups excluding carboxylic acids is 1. The van der Waals surface area contributed by atoms with Crippen LogP contribution >= 0.6 is 11.8 Å². The van der Waals surface area contributed by atoms with Crippen molar-refractivity contribution in [2.24, 2.45) is 0 Å². The summed E-state index contributed by atoms with van der Waals surface area (Å²) in [7, 11) is 0. The first kappa shape index (κ1) is 14.7. The summed E-state index contributed by atoms with van der Waals surface area (Å²) in [6.45, 7) is 2.06. The minimum Gasteiger partial charge on any atom is -0.344 e. The standard InChI is InChI=1S/C17H19NOS/c1-13-8-10-15(11-9-13)17(18-16(19)12-20-2)14-6-4-3-5-7-14/h3-11,17H,12H2,1-2H3,(H,18,19)/t17-/m0/s1. The average Bonchev–Trinajstić information content (AvgIpc) is 2.47. The highest BCUT2D eigenvalue weighted by atomic mass is 32.2. The highest BCUT2D eigenvalue weighted by Crippen LogP contribution is 2.22. The fraction of sp³-hybridized carbons (Fsp3) is 0.235. The van der Waals surface area contributed by atoms with E-state index < -0.39 is 0 Å². The molecule has 2 aromatic carbocycles. The van der Waals surface area contributed by atoms with Crippen molar-refractivity contribution in [3.63, 3.8) is 0 Å². The van der Waals surface area contributed by atoms with Gasteiger partial charge in [0.2, 0.25) is 5.91 Å². The molecule has 2 rings (SSSR count). The van der Waals surface area contributed by atoms with Crippen molar-refractivity contribution in [1.29, 1.82) is 0 Å². The maximum absolute atomic E-state index is 11.9. The number of rotatable bonds is 5. The van der Waals surface area contributed by atoms with Crippen molar-refractivity contribution in [3.05, 3.63) is 71.3 Å². The topological polar surface area (TPSA) is 29.1 Å². The van der Waals surface area contributed by atoms with Gasteiger partial charge < -0.3 is 5.32 Å². The minimum atomic E-state index is -0.0866. The third kappa shape index (κ3) is 3.87. The van der Waals surface area contributed by atoms with E-state index in [-0.39, 0.29) is 11.9 Å². The predicted octanol–water partition coefficient (Wildman–Crippen LogP) is 3.56. The maximum atomic E-state index is 11.9. The summed E-state index contributed by atoms with van der Waals surface area (Å²) in [6.07, 6.45) is 1.93. The molecule has 0 spiro atoms. The molecular weight excluding hydrogens is 266 g/mol. The molecular formula is C17H19NOS. The second-order valence-corrected chi connectivity index (χ2v) is 5.62. The summed E-state index contributed by atoms with van der Waals surface area (Å²) >= 11 is 1.53. The molecule has 2 nitrogen and oxygen atoms in total. The lowest BCUT2D eigenvalue weighted by Gasteiger charge is -2.20. The molecule has 0 unspecified atom stereocenters. The summed E-state index contributed by atoms with van der Waals surface area (Å²) < 4.78 is 0. The molecule has 0 aromatic heterocycles. The minimum absolute atomic E-state index is 0.0620. The van der Waals surface area contributed by atoms with E-state index in [0.29, 0.717) is 5.75 Å². The Morgan fingerprint density at radius 3 is 2.25 bits per heavy atom. The van der Waals surface area contributed by atoms with Crippen LogP contribution in [0.3, 0.4) is 0 Å². The quantitative estimate of drug-likeness (QED) is 0.910. The largest absolute Gasteiger partial charge is 0.344 e. The Labute approximate surface area is 124 Å². The molecule has 0 saturated heterocycles. The lowest BCUT2D eigenvalue weighted by atomic mass is 9.98. The van der Waals surface area contributed by atoms with Gasteiger partial charge in [0.15, 0.2) is 0 Å². The maximum Gasteiger partial charge on any atom is 0.230 e. The fourth-order valence-electron chi connectivity index (χ4n) is 2.10. The zero-order valence-corrected chi connectivity index (χ0v) is 12.6. The number of nitrogens with one attached hydrogen (secondary N) is 1. The van der Waals surface area contributed by atoms with Crippen LogP contribution in [0.15, 0.2) is 54.6 Å². The number of amides is 1. The van der Waals surface area contributed by atoms with E-state index in [1.807, 2.05) is 36.6 Å². The predicted molar refractivity (Wildman–Crippen MR) is 86.0 cm³/mol. The van der Waals surface area contributed by atoms with Gasteiger partial charge in [-0.25, -0.2) is 0 Å². The van der Waals surface area contributed by atoms with Crippen LogP contribution in [-0.2, 0) is 4.79 Å². The lowest BCUT2D eigenvalue weighted by molar-refractivity contribution is -0.119. The Hall–Kier alpha value is -1.74. The third-order valence-corrected chi connectivity index (χ3v) is 3.68. The number of aryl methyl sites for hydroxylation is 1. The number of carbonyl (C=O) groups is 1. The molecule has 0 bridgehead atoms. The van der Waals surface area contributed by atoms with Crippen LogP contribution in [0, 0.1) is 6.92 Å². The molecule has 20 heavy (non-hydrogen) atoms. The molecule has 0 saturated carbocycles. The molecule has 0 heterocycles. The summed E-state index contributed by atoms with van der Waals surface area (Å²) in [6, 6.07) is 18.3. The zero-order valence-electron chi connectivity index (χ0n) is 11.8. The number of hydrogen-bond donors (Lipinski definition) is 1. The van der Waals surface area contributed by atoms with E-state index in [0.717, 1.165) is 11.1 Å². The average molecular weight is 285 g/mol. The molecule has 3 heteroatoms. The zero-order chi connectivity index (χ0) is 14.4. The lowest BCUT2D eigenvalue weighted by Crippen LogP contribution is -2.30. The van der Waals surface area contributed by atoms with Gasteiger partial charge in [0, 0.05) is 0 Å².